The van der Waals surface area contributed by atoms with Gasteiger partial charge in [-0.3, -0.25) is 9.59 Å². The molecule has 0 spiro atoms. The number of hydrogen-bond donors (Lipinski definition) is 2. The van der Waals surface area contributed by atoms with Gasteiger partial charge in [0.25, 0.3) is 5.91 Å². The summed E-state index contributed by atoms with van der Waals surface area (Å²) in [5, 5.41) is 3.31. The van der Waals surface area contributed by atoms with Crippen molar-refractivity contribution in [2.24, 2.45) is 0 Å². The lowest BCUT2D eigenvalue weighted by Crippen LogP contribution is -2.58. The molecule has 4 rings (SSSR count). The first-order valence-electron chi connectivity index (χ1n) is 10.5. The van der Waals surface area contributed by atoms with Gasteiger partial charge in [0.2, 0.25) is 5.91 Å². The fourth-order valence-electron chi connectivity index (χ4n) is 4.58. The molecule has 2 atom stereocenters. The maximum atomic E-state index is 14.1. The molecule has 1 aliphatic heterocycles. The van der Waals surface area contributed by atoms with Gasteiger partial charge in [0.15, 0.2) is 0 Å². The number of fused-ring (bicyclic) bond motifs is 1. The van der Waals surface area contributed by atoms with E-state index in [0.717, 1.165) is 24.3 Å². The monoisotopic (exact) mass is 422 g/mol. The van der Waals surface area contributed by atoms with E-state index in [1.807, 2.05) is 49.9 Å². The number of anilines is 2. The van der Waals surface area contributed by atoms with E-state index in [-0.39, 0.29) is 29.7 Å². The number of rotatable bonds is 3. The molecule has 0 unspecified atom stereocenters. The van der Waals surface area contributed by atoms with Gasteiger partial charge >= 0.3 is 0 Å². The van der Waals surface area contributed by atoms with Gasteiger partial charge in [0.1, 0.15) is 11.5 Å². The molecule has 0 saturated carbocycles. The van der Waals surface area contributed by atoms with E-state index >= 15 is 0 Å². The first kappa shape index (κ1) is 20.9. The Hall–Kier alpha value is -3.35. The normalized spacial score (nSPS) is 19.0. The van der Waals surface area contributed by atoms with E-state index in [1.165, 1.54) is 6.07 Å². The van der Waals surface area contributed by atoms with Crippen molar-refractivity contribution >= 4 is 34.1 Å². The molecule has 0 aliphatic carbocycles. The molecule has 162 valence electrons. The number of nitrogens with zero attached hydrogens (tertiary/aromatic N) is 2. The van der Waals surface area contributed by atoms with Crippen molar-refractivity contribution in [1.29, 1.82) is 0 Å². The third-order valence-corrected chi connectivity index (χ3v) is 5.95. The summed E-state index contributed by atoms with van der Waals surface area (Å²) in [5.41, 5.74) is 3.47. The molecule has 2 N–H and O–H groups in total. The highest BCUT2D eigenvalue weighted by Crippen LogP contribution is 2.26. The molecular weight excluding hydrogens is 395 g/mol. The molecule has 1 aliphatic rings. The molecule has 31 heavy (non-hydrogen) atoms. The summed E-state index contributed by atoms with van der Waals surface area (Å²) in [7, 11) is 0. The number of carbonyl (C=O) groups is 2. The standard InChI is InChI=1S/C24H27FN4O2/c1-14-8-9-21(25)20-11-22(27-23(14)20)24(31)26-18-6-5-7-19(10-18)28-12-15(2)29(17(4)30)16(3)13-28/h5-11,15-16,27H,12-13H2,1-4H3,(H,26,31)/t15-,16-/m1/s1. The second kappa shape index (κ2) is 8.06. The Morgan fingerprint density at radius 3 is 2.45 bits per heavy atom. The van der Waals surface area contributed by atoms with Crippen molar-refractivity contribution < 1.29 is 14.0 Å². The lowest BCUT2D eigenvalue weighted by molar-refractivity contribution is -0.133. The third kappa shape index (κ3) is 4.00. The molecule has 0 radical (unpaired) electrons. The molecule has 6 nitrogen and oxygen atoms in total. The van der Waals surface area contributed by atoms with Crippen LogP contribution in [-0.2, 0) is 4.79 Å². The third-order valence-electron chi connectivity index (χ3n) is 5.95. The second-order valence-corrected chi connectivity index (χ2v) is 8.37. The van der Waals surface area contributed by atoms with Crippen molar-refractivity contribution in [3.8, 4) is 0 Å². The first-order valence-corrected chi connectivity index (χ1v) is 10.5. The smallest absolute Gasteiger partial charge is 0.272 e. The Bertz CT molecular complexity index is 1100. The van der Waals surface area contributed by atoms with Gasteiger partial charge in [0.05, 0.1) is 5.52 Å². The SMILES string of the molecule is CC(=O)N1[C@H](C)CN(c2cccc(NC(=O)c3cc4c(F)ccc(C)c4[nH]3)c2)C[C@H]1C. The predicted molar refractivity (Wildman–Crippen MR) is 121 cm³/mol. The van der Waals surface area contributed by atoms with Gasteiger partial charge in [-0.15, -0.1) is 0 Å². The van der Waals surface area contributed by atoms with E-state index in [1.54, 1.807) is 19.1 Å². The number of halogens is 1. The Kier molecular flexibility index (Phi) is 5.43. The average Bonchev–Trinajstić information content (AvgIpc) is 3.17. The van der Waals surface area contributed by atoms with E-state index in [2.05, 4.69) is 15.2 Å². The molecule has 2 aromatic carbocycles. The highest BCUT2D eigenvalue weighted by atomic mass is 19.1. The van der Waals surface area contributed by atoms with Gasteiger partial charge in [-0.25, -0.2) is 4.39 Å². The number of aryl methyl sites for hydroxylation is 1. The number of aromatic nitrogens is 1. The van der Waals surface area contributed by atoms with Crippen molar-refractivity contribution in [2.45, 2.75) is 39.8 Å². The lowest BCUT2D eigenvalue weighted by atomic mass is 10.1. The Labute approximate surface area is 181 Å². The van der Waals surface area contributed by atoms with E-state index < -0.39 is 0 Å². The van der Waals surface area contributed by atoms with Crippen LogP contribution < -0.4 is 10.2 Å². The minimum Gasteiger partial charge on any atom is -0.367 e. The predicted octanol–water partition coefficient (Wildman–Crippen LogP) is 4.31. The molecule has 0 bridgehead atoms. The lowest BCUT2D eigenvalue weighted by Gasteiger charge is -2.45. The molecule has 3 aromatic rings. The van der Waals surface area contributed by atoms with Crippen LogP contribution in [0.3, 0.4) is 0 Å². The maximum absolute atomic E-state index is 14.1. The molecule has 2 amide bonds. The van der Waals surface area contributed by atoms with E-state index in [4.69, 9.17) is 0 Å². The number of piperazine rings is 1. The summed E-state index contributed by atoms with van der Waals surface area (Å²) in [5.74, 6) is -0.591. The number of carbonyl (C=O) groups excluding carboxylic acids is 2. The molecular formula is C24H27FN4O2. The maximum Gasteiger partial charge on any atom is 0.272 e. The molecule has 2 heterocycles. The van der Waals surface area contributed by atoms with Crippen LogP contribution in [0.5, 0.6) is 0 Å². The largest absolute Gasteiger partial charge is 0.367 e. The molecule has 1 saturated heterocycles. The first-order chi connectivity index (χ1) is 14.7. The van der Waals surface area contributed by atoms with Crippen LogP contribution in [0.15, 0.2) is 42.5 Å². The Morgan fingerprint density at radius 1 is 1.10 bits per heavy atom. The number of hydrogen-bond acceptors (Lipinski definition) is 3. The van der Waals surface area contributed by atoms with E-state index in [9.17, 15) is 14.0 Å². The van der Waals surface area contributed by atoms with Gasteiger partial charge in [-0.2, -0.15) is 0 Å². The Balaban J connectivity index is 1.53. The number of nitrogens with one attached hydrogen (secondary N) is 2. The van der Waals surface area contributed by atoms with Gasteiger partial charge < -0.3 is 20.1 Å². The zero-order valence-corrected chi connectivity index (χ0v) is 18.2. The minimum atomic E-state index is -0.356. The summed E-state index contributed by atoms with van der Waals surface area (Å²) in [6.45, 7) is 9.02. The van der Waals surface area contributed by atoms with Crippen molar-refractivity contribution in [2.75, 3.05) is 23.3 Å². The van der Waals surface area contributed by atoms with Crippen molar-refractivity contribution in [3.63, 3.8) is 0 Å². The average molecular weight is 423 g/mol. The van der Waals surface area contributed by atoms with Crippen molar-refractivity contribution in [3.05, 3.63) is 59.5 Å². The van der Waals surface area contributed by atoms with Crippen LogP contribution >= 0.6 is 0 Å². The van der Waals surface area contributed by atoms with Gasteiger partial charge in [-0.1, -0.05) is 12.1 Å². The summed E-state index contributed by atoms with van der Waals surface area (Å²) < 4.78 is 14.1. The number of aromatic amines is 1. The molecule has 7 heteroatoms. The zero-order valence-electron chi connectivity index (χ0n) is 18.2. The van der Waals surface area contributed by atoms with Crippen LogP contribution in [0.1, 0.15) is 36.8 Å². The van der Waals surface area contributed by atoms with Gasteiger partial charge in [0, 0.05) is 48.9 Å². The van der Waals surface area contributed by atoms with Crippen LogP contribution in [0.25, 0.3) is 10.9 Å². The van der Waals surface area contributed by atoms with Crippen LogP contribution in [0, 0.1) is 12.7 Å². The highest BCUT2D eigenvalue weighted by Gasteiger charge is 2.31. The summed E-state index contributed by atoms with van der Waals surface area (Å²) in [6, 6.07) is 12.5. The van der Waals surface area contributed by atoms with Crippen molar-refractivity contribution in [1.82, 2.24) is 9.88 Å². The summed E-state index contributed by atoms with van der Waals surface area (Å²) in [4.78, 5) is 31.9. The van der Waals surface area contributed by atoms with Crippen LogP contribution in [0.4, 0.5) is 15.8 Å². The number of benzene rings is 2. The van der Waals surface area contributed by atoms with E-state index in [0.29, 0.717) is 22.3 Å². The zero-order chi connectivity index (χ0) is 22.3. The summed E-state index contributed by atoms with van der Waals surface area (Å²) >= 11 is 0. The van der Waals surface area contributed by atoms with Crippen LogP contribution in [-0.4, -0.2) is 46.9 Å². The van der Waals surface area contributed by atoms with Gasteiger partial charge in [-0.05, 0) is 56.7 Å². The van der Waals surface area contributed by atoms with Crippen LogP contribution in [0.2, 0.25) is 0 Å². The summed E-state index contributed by atoms with van der Waals surface area (Å²) in [6.07, 6.45) is 0. The Morgan fingerprint density at radius 2 is 1.81 bits per heavy atom. The molecule has 1 aromatic heterocycles. The quantitative estimate of drug-likeness (QED) is 0.661. The minimum absolute atomic E-state index is 0.0886. The molecule has 1 fully saturated rings. The number of amides is 2. The number of H-pyrrole nitrogens is 1. The fourth-order valence-corrected chi connectivity index (χ4v) is 4.58. The highest BCUT2D eigenvalue weighted by molar-refractivity contribution is 6.06. The fraction of sp³-hybridized carbons (Fsp3) is 0.333. The topological polar surface area (TPSA) is 68.4 Å². The second-order valence-electron chi connectivity index (χ2n) is 8.37.